The van der Waals surface area contributed by atoms with Gasteiger partial charge in [0.15, 0.2) is 0 Å². The Labute approximate surface area is 116 Å². The van der Waals surface area contributed by atoms with Gasteiger partial charge in [-0.15, -0.1) is 0 Å². The molecule has 0 radical (unpaired) electrons. The predicted molar refractivity (Wildman–Crippen MR) is 72.4 cm³/mol. The molecule has 0 spiro atoms. The summed E-state index contributed by atoms with van der Waals surface area (Å²) in [6, 6.07) is 0. The average Bonchev–Trinajstić information content (AvgIpc) is 2.61. The van der Waals surface area contributed by atoms with Crippen LogP contribution in [0.15, 0.2) is 4.47 Å². The van der Waals surface area contributed by atoms with Crippen molar-refractivity contribution in [3.63, 3.8) is 0 Å². The van der Waals surface area contributed by atoms with E-state index in [-0.39, 0.29) is 5.78 Å². The fourth-order valence-electron chi connectivity index (χ4n) is 2.49. The number of hydrogen-bond donors (Lipinski definition) is 1. The number of aliphatic hydroxyl groups is 1. The van der Waals surface area contributed by atoms with E-state index in [1.165, 1.54) is 0 Å². The lowest BCUT2D eigenvalue weighted by Crippen LogP contribution is -2.37. The molecule has 0 saturated heterocycles. The first kappa shape index (κ1) is 13.7. The highest BCUT2D eigenvalue weighted by Crippen LogP contribution is 2.32. The molecular weight excluding hydrogens is 296 g/mol. The lowest BCUT2D eigenvalue weighted by atomic mass is 9.81. The molecule has 0 aromatic carbocycles. The maximum absolute atomic E-state index is 11.2. The second-order valence-corrected chi connectivity index (χ2v) is 5.92. The molecule has 1 fully saturated rings. The summed E-state index contributed by atoms with van der Waals surface area (Å²) in [5, 5.41) is 15.0. The van der Waals surface area contributed by atoms with E-state index in [4.69, 9.17) is 0 Å². The van der Waals surface area contributed by atoms with Gasteiger partial charge in [-0.3, -0.25) is 9.48 Å². The quantitative estimate of drug-likeness (QED) is 0.930. The van der Waals surface area contributed by atoms with Gasteiger partial charge in [-0.25, -0.2) is 0 Å². The minimum absolute atomic E-state index is 0.262. The Bertz CT molecular complexity index is 458. The first-order valence-electron chi connectivity index (χ1n) is 6.39. The number of ketones is 1. The lowest BCUT2D eigenvalue weighted by molar-refractivity contribution is -0.125. The summed E-state index contributed by atoms with van der Waals surface area (Å²) < 4.78 is 2.83. The summed E-state index contributed by atoms with van der Waals surface area (Å²) in [4.78, 5) is 11.2. The molecule has 1 heterocycles. The summed E-state index contributed by atoms with van der Waals surface area (Å²) in [5.74, 6) is 0.262. The smallest absolute Gasteiger partial charge is 0.133 e. The van der Waals surface area contributed by atoms with Crippen LogP contribution in [-0.4, -0.2) is 26.3 Å². The van der Waals surface area contributed by atoms with Gasteiger partial charge in [0.25, 0.3) is 0 Å². The molecule has 1 N–H and O–H groups in total. The van der Waals surface area contributed by atoms with Gasteiger partial charge in [0.2, 0.25) is 0 Å². The van der Waals surface area contributed by atoms with Crippen molar-refractivity contribution in [2.75, 3.05) is 0 Å². The molecule has 1 saturated carbocycles. The third-order valence-corrected chi connectivity index (χ3v) is 4.65. The fourth-order valence-corrected chi connectivity index (χ4v) is 3.25. The van der Waals surface area contributed by atoms with Crippen molar-refractivity contribution >= 4 is 21.7 Å². The van der Waals surface area contributed by atoms with Crippen LogP contribution in [0.5, 0.6) is 0 Å². The highest BCUT2D eigenvalue weighted by molar-refractivity contribution is 9.10. The van der Waals surface area contributed by atoms with E-state index in [0.29, 0.717) is 32.1 Å². The molecule has 1 aliphatic rings. The summed E-state index contributed by atoms with van der Waals surface area (Å²) in [5.41, 5.74) is 1.28. The van der Waals surface area contributed by atoms with Gasteiger partial charge in [0.05, 0.1) is 21.5 Å². The van der Waals surface area contributed by atoms with Crippen molar-refractivity contribution < 1.29 is 9.90 Å². The second-order valence-electron chi connectivity index (χ2n) is 5.12. The summed E-state index contributed by atoms with van der Waals surface area (Å²) in [6.45, 7) is 2.06. The van der Waals surface area contributed by atoms with Gasteiger partial charge in [0.1, 0.15) is 5.78 Å². The Kier molecular flexibility index (Phi) is 3.92. The Morgan fingerprint density at radius 2 is 2.06 bits per heavy atom. The summed E-state index contributed by atoms with van der Waals surface area (Å²) >= 11 is 3.56. The molecule has 18 heavy (non-hydrogen) atoms. The number of nitrogens with zero attached hydrogens (tertiary/aromatic N) is 2. The van der Waals surface area contributed by atoms with E-state index in [0.717, 1.165) is 22.3 Å². The molecule has 0 amide bonds. The Morgan fingerprint density at radius 3 is 2.56 bits per heavy atom. The van der Waals surface area contributed by atoms with Crippen LogP contribution in [0.3, 0.4) is 0 Å². The van der Waals surface area contributed by atoms with Crippen molar-refractivity contribution in [2.24, 2.45) is 7.05 Å². The van der Waals surface area contributed by atoms with E-state index >= 15 is 0 Å². The average molecular weight is 315 g/mol. The number of hydrogen-bond acceptors (Lipinski definition) is 3. The fraction of sp³-hybridized carbons (Fsp3) is 0.692. The number of carbonyl (C=O) groups is 1. The standard InChI is InChI=1S/C13H19BrN2O2/c1-3-10-12(14)11(16(2)15-10)8-13(18)6-4-9(17)5-7-13/h18H,3-8H2,1-2H3. The van der Waals surface area contributed by atoms with Gasteiger partial charge >= 0.3 is 0 Å². The number of Topliss-reactive ketones (excluding diaryl/α,β-unsaturated/α-hetero) is 1. The van der Waals surface area contributed by atoms with Gasteiger partial charge in [-0.05, 0) is 35.2 Å². The maximum atomic E-state index is 11.2. The zero-order valence-corrected chi connectivity index (χ0v) is 12.5. The topological polar surface area (TPSA) is 55.1 Å². The normalized spacial score (nSPS) is 19.2. The van der Waals surface area contributed by atoms with Crippen molar-refractivity contribution in [3.8, 4) is 0 Å². The Hall–Kier alpha value is -0.680. The molecule has 4 nitrogen and oxygen atoms in total. The van der Waals surface area contributed by atoms with Crippen LogP contribution in [0.2, 0.25) is 0 Å². The third kappa shape index (κ3) is 2.67. The van der Waals surface area contributed by atoms with Crippen LogP contribution in [0, 0.1) is 0 Å². The SMILES string of the molecule is CCc1nn(C)c(CC2(O)CCC(=O)CC2)c1Br. The summed E-state index contributed by atoms with van der Waals surface area (Å²) in [6.07, 6.45) is 3.53. The van der Waals surface area contributed by atoms with Crippen LogP contribution < -0.4 is 0 Å². The van der Waals surface area contributed by atoms with Crippen molar-refractivity contribution in [3.05, 3.63) is 15.9 Å². The zero-order valence-electron chi connectivity index (χ0n) is 10.9. The van der Waals surface area contributed by atoms with Crippen LogP contribution in [-0.2, 0) is 24.7 Å². The molecule has 100 valence electrons. The second kappa shape index (κ2) is 5.13. The molecule has 0 unspecified atom stereocenters. The van der Waals surface area contributed by atoms with Crippen molar-refractivity contribution in [1.82, 2.24) is 9.78 Å². The highest BCUT2D eigenvalue weighted by Gasteiger charge is 2.34. The summed E-state index contributed by atoms with van der Waals surface area (Å²) in [7, 11) is 1.90. The molecule has 1 aromatic heterocycles. The van der Waals surface area contributed by atoms with Crippen LogP contribution in [0.4, 0.5) is 0 Å². The van der Waals surface area contributed by atoms with E-state index in [1.807, 2.05) is 11.7 Å². The first-order valence-corrected chi connectivity index (χ1v) is 7.19. The number of aromatic nitrogens is 2. The first-order chi connectivity index (χ1) is 8.45. The lowest BCUT2D eigenvalue weighted by Gasteiger charge is -2.31. The van der Waals surface area contributed by atoms with Gasteiger partial charge in [-0.2, -0.15) is 5.10 Å². The molecule has 0 aliphatic heterocycles. The van der Waals surface area contributed by atoms with E-state index < -0.39 is 5.60 Å². The minimum atomic E-state index is -0.755. The Balaban J connectivity index is 2.18. The van der Waals surface area contributed by atoms with Gasteiger partial charge in [-0.1, -0.05) is 6.92 Å². The molecule has 1 aliphatic carbocycles. The van der Waals surface area contributed by atoms with E-state index in [1.54, 1.807) is 0 Å². The monoisotopic (exact) mass is 314 g/mol. The van der Waals surface area contributed by atoms with E-state index in [9.17, 15) is 9.90 Å². The molecule has 5 heteroatoms. The van der Waals surface area contributed by atoms with Crippen molar-refractivity contribution in [2.45, 2.75) is 51.0 Å². The predicted octanol–water partition coefficient (Wildman–Crippen LogP) is 2.16. The minimum Gasteiger partial charge on any atom is -0.389 e. The molecule has 0 atom stereocenters. The molecule has 2 rings (SSSR count). The maximum Gasteiger partial charge on any atom is 0.133 e. The van der Waals surface area contributed by atoms with Gasteiger partial charge < -0.3 is 5.11 Å². The van der Waals surface area contributed by atoms with E-state index in [2.05, 4.69) is 28.0 Å². The number of rotatable bonds is 3. The highest BCUT2D eigenvalue weighted by atomic mass is 79.9. The van der Waals surface area contributed by atoms with Crippen LogP contribution >= 0.6 is 15.9 Å². The molecular formula is C13H19BrN2O2. The largest absolute Gasteiger partial charge is 0.389 e. The zero-order chi connectivity index (χ0) is 13.3. The van der Waals surface area contributed by atoms with Crippen LogP contribution in [0.25, 0.3) is 0 Å². The Morgan fingerprint density at radius 1 is 1.44 bits per heavy atom. The van der Waals surface area contributed by atoms with Crippen LogP contribution in [0.1, 0.15) is 44.0 Å². The number of halogens is 1. The molecule has 1 aromatic rings. The third-order valence-electron chi connectivity index (χ3n) is 3.74. The number of aryl methyl sites for hydroxylation is 2. The van der Waals surface area contributed by atoms with Crippen molar-refractivity contribution in [1.29, 1.82) is 0 Å². The molecule has 0 bridgehead atoms. The van der Waals surface area contributed by atoms with Gasteiger partial charge in [0, 0.05) is 26.3 Å². The number of carbonyl (C=O) groups excluding carboxylic acids is 1.